The molecule has 15 atom stereocenters. The molecule has 0 spiro atoms. The summed E-state index contributed by atoms with van der Waals surface area (Å²) >= 11 is 0. The van der Waals surface area contributed by atoms with E-state index in [4.69, 9.17) is 10.5 Å². The van der Waals surface area contributed by atoms with Gasteiger partial charge in [-0.3, -0.25) is 67.6 Å². The maximum atomic E-state index is 14.1. The molecule has 3 aliphatic heterocycles. The predicted molar refractivity (Wildman–Crippen MR) is 420 cm³/mol. The van der Waals surface area contributed by atoms with E-state index in [0.717, 1.165) is 57.8 Å². The number of fused-ring (bicyclic) bond motifs is 3. The van der Waals surface area contributed by atoms with Gasteiger partial charge in [0.05, 0.1) is 29.1 Å². The van der Waals surface area contributed by atoms with Crippen molar-refractivity contribution in [1.82, 2.24) is 62.6 Å². The number of benzene rings is 1. The van der Waals surface area contributed by atoms with Crippen LogP contribution in [0.25, 0.3) is 0 Å². The minimum absolute atomic E-state index is 0. The zero-order chi connectivity index (χ0) is 83.4. The van der Waals surface area contributed by atoms with Crippen molar-refractivity contribution in [3.05, 3.63) is 34.4 Å². The van der Waals surface area contributed by atoms with E-state index in [1.54, 1.807) is 30.6 Å². The molecule has 3 unspecified atom stereocenters. The normalized spacial score (nSPS) is 25.3. The van der Waals surface area contributed by atoms with Crippen LogP contribution >= 0.6 is 12.4 Å². The third-order valence-electron chi connectivity index (χ3n) is 25.4. The Kier molecular flexibility index (Phi) is 30.1. The van der Waals surface area contributed by atoms with Crippen molar-refractivity contribution in [1.29, 1.82) is 0 Å². The first-order valence-corrected chi connectivity index (χ1v) is 39.7. The molecule has 12 amide bonds. The van der Waals surface area contributed by atoms with Crippen molar-refractivity contribution in [2.75, 3.05) is 47.8 Å². The summed E-state index contributed by atoms with van der Waals surface area (Å²) in [6.07, 6.45) is 9.31. The summed E-state index contributed by atoms with van der Waals surface area (Å²) in [6, 6.07) is -3.25. The molecule has 0 bridgehead atoms. The fourth-order valence-corrected chi connectivity index (χ4v) is 17.2. The number of halogens is 1. The number of likely N-dealkylation sites (tertiary alicyclic amines) is 3. The molecule has 3 saturated heterocycles. The Morgan fingerprint density at radius 3 is 1.02 bits per heavy atom. The Labute approximate surface area is 665 Å². The van der Waals surface area contributed by atoms with Crippen LogP contribution in [0.3, 0.4) is 0 Å². The number of ketones is 3. The van der Waals surface area contributed by atoms with Crippen molar-refractivity contribution in [3.63, 3.8) is 0 Å². The number of carbonyl (C=O) groups is 14. The third-order valence-corrected chi connectivity index (χ3v) is 25.4. The van der Waals surface area contributed by atoms with Crippen molar-refractivity contribution in [3.8, 4) is 5.75 Å². The number of nitrogens with two attached hydrogens (primary N) is 1. The lowest BCUT2D eigenvalue weighted by Crippen LogP contribution is -2.61. The largest absolute Gasteiger partial charge is 0.413 e. The van der Waals surface area contributed by atoms with Crippen LogP contribution in [0, 0.1) is 95.9 Å². The summed E-state index contributed by atoms with van der Waals surface area (Å²) in [6.45, 7) is 34.3. The maximum absolute atomic E-state index is 14.1. The molecule has 10 rings (SSSR count). The van der Waals surface area contributed by atoms with E-state index in [1.165, 1.54) is 57.4 Å². The zero-order valence-corrected chi connectivity index (χ0v) is 70.3. The van der Waals surface area contributed by atoms with Gasteiger partial charge in [-0.25, -0.2) is 9.59 Å². The lowest BCUT2D eigenvalue weighted by atomic mass is 9.80. The van der Waals surface area contributed by atoms with Crippen LogP contribution in [0.4, 0.5) is 15.3 Å². The first-order chi connectivity index (χ1) is 51.6. The molecule has 9 fully saturated rings. The number of carbonyl (C=O) groups excluding carboxylic acids is 14. The zero-order valence-electron chi connectivity index (χ0n) is 69.5. The average Bonchev–Trinajstić information content (AvgIpc) is 1.54. The van der Waals surface area contributed by atoms with E-state index in [9.17, 15) is 77.2 Å². The van der Waals surface area contributed by atoms with Gasteiger partial charge in [0.25, 0.3) is 23.4 Å². The summed E-state index contributed by atoms with van der Waals surface area (Å²) in [7, 11) is 5.65. The van der Waals surface area contributed by atoms with E-state index in [0.29, 0.717) is 50.7 Å². The van der Waals surface area contributed by atoms with Gasteiger partial charge in [-0.15, -0.1) is 12.4 Å². The smallest absolute Gasteiger partial charge is 0.410 e. The predicted octanol–water partition coefficient (Wildman–Crippen LogP) is 5.66. The second-order valence-corrected chi connectivity index (χ2v) is 36.7. The molecule has 6 saturated carbocycles. The van der Waals surface area contributed by atoms with Crippen LogP contribution in [-0.4, -0.2) is 204 Å². The summed E-state index contributed by atoms with van der Waals surface area (Å²) in [5.74, 6) is -5.30. The first-order valence-electron chi connectivity index (χ1n) is 39.7. The lowest BCUT2D eigenvalue weighted by Gasteiger charge is -2.38. The van der Waals surface area contributed by atoms with Gasteiger partial charge in [-0.2, -0.15) is 0 Å². The molecular formula is C80H127ClN14O17. The second kappa shape index (κ2) is 36.4. The number of rotatable bonds is 25. The van der Waals surface area contributed by atoms with Crippen LogP contribution in [0.2, 0.25) is 0 Å². The molecule has 31 nitrogen and oxygen atoms in total. The quantitative estimate of drug-likeness (QED) is 0.0321. The summed E-state index contributed by atoms with van der Waals surface area (Å²) in [5, 5.41) is 34.3. The summed E-state index contributed by atoms with van der Waals surface area (Å²) in [5.41, 5.74) is 3.91. The van der Waals surface area contributed by atoms with E-state index in [2.05, 4.69) is 75.5 Å². The number of nitrogens with zero attached hydrogens (tertiary/aromatic N) is 4. The first kappa shape index (κ1) is 92.5. The van der Waals surface area contributed by atoms with Gasteiger partial charge >= 0.3 is 12.1 Å². The highest BCUT2D eigenvalue weighted by atomic mass is 35.5. The monoisotopic (exact) mass is 1590 g/mol. The fourth-order valence-electron chi connectivity index (χ4n) is 17.2. The number of nitrogens with one attached hydrogen (secondary N) is 9. The van der Waals surface area contributed by atoms with Gasteiger partial charge in [0.1, 0.15) is 36.0 Å². The number of nitro benzene ring substituents is 1. The fraction of sp³-hybridized carbons (Fsp3) is 0.750. The van der Waals surface area contributed by atoms with E-state index in [1.807, 2.05) is 69.2 Å². The SMILES string of the molecule is CC.CNC(=O)C(=O)C(CC1CCC1)NC(=O)[C@@H]1[C@@H]2[C@H](CN1C(=O)[C@@H](N)C(C)(C)C)C2(C)C.CNC(=O)C(=O)C(CC1CCC1)NC(=O)[C@@H]1[C@@H]2[C@H](CN1C(=O)[C@@H](NC(=O)Oc1ccc([N+](=O)[O-])cc1)C(C)(C)C)C2(C)C.CNC(=O)N[C@H](C(=O)N1C[C@H]2[C@@H]([C@H]1C(=O)NC(CC1CCC1)C(=O)C(=O)NC)C2(C)C)C(C)(C)C.Cl. The minimum atomic E-state index is -1.08. The molecule has 1 aromatic rings. The standard InChI is InChI=1S/C30H41N5O8.C25H41N5O5.C23H38N4O4.C2H6.ClH/c1-29(2,3)24(33-28(40)43-18-12-10-17(11-13-18)35(41)42)27(39)34-15-19-21(30(19,4)5)22(34)25(37)32-20(14-16-8-7-9-16)23(36)26(38)31-6;1-24(2,3)19(29-23(35)27-7)22(34)30-12-14-16(25(14,4)5)17(30)20(32)28-15(11-13-9-8-10-13)18(31)21(33)26-6;1-22(2,3)18(24)21(31)27-11-13-15(23(13,4)5)16(27)19(29)26-14(10-12-8-7-9-12)17(28)20(30)25-6;1-2;/h10-13,16,19-22,24H,7-9,14-15H2,1-6H3,(H,31,38)(H,32,37)(H,33,40);13-17,19H,8-12H2,1-7H3,(H,26,33)(H,28,32)(H2,27,29,35);12-16,18H,7-11,24H2,1-6H3,(H,25,30)(H,26,29);1-2H3;1H/t19-,20?,21-,22-,24+;14-,15?,16-,17-,19+;13-,14?,15-,16-,18+;;/m000../s1. The molecule has 1 aromatic carbocycles. The minimum Gasteiger partial charge on any atom is -0.410 e. The number of likely N-dealkylation sites (N-methyl/N-ethyl adjacent to an activating group) is 3. The van der Waals surface area contributed by atoms with Crippen LogP contribution in [-0.2, 0) is 57.5 Å². The number of hydrogen-bond donors (Lipinski definition) is 10. The van der Waals surface area contributed by atoms with E-state index < -0.39 is 140 Å². The number of urea groups is 1. The van der Waals surface area contributed by atoms with Crippen LogP contribution < -0.4 is 58.3 Å². The molecule has 626 valence electrons. The van der Waals surface area contributed by atoms with E-state index >= 15 is 0 Å². The lowest BCUT2D eigenvalue weighted by molar-refractivity contribution is -0.384. The van der Waals surface area contributed by atoms with Crippen LogP contribution in [0.1, 0.15) is 195 Å². The number of amides is 12. The van der Waals surface area contributed by atoms with Crippen molar-refractivity contribution < 1.29 is 76.8 Å². The molecule has 32 heteroatoms. The highest BCUT2D eigenvalue weighted by Crippen LogP contribution is 2.67. The molecule has 112 heavy (non-hydrogen) atoms. The number of nitro groups is 1. The molecule has 0 aromatic heterocycles. The summed E-state index contributed by atoms with van der Waals surface area (Å²) in [4.78, 5) is 196. The van der Waals surface area contributed by atoms with Gasteiger partial charge in [0, 0.05) is 60.0 Å². The number of Topliss-reactive ketones (excluding diaryl/α,β-unsaturated/α-hetero) is 3. The Balaban J connectivity index is 0.000000261. The average molecular weight is 1590 g/mol. The highest BCUT2D eigenvalue weighted by Gasteiger charge is 2.72. The van der Waals surface area contributed by atoms with Crippen LogP contribution in [0.15, 0.2) is 24.3 Å². The van der Waals surface area contributed by atoms with E-state index in [-0.39, 0.29) is 99.2 Å². The van der Waals surface area contributed by atoms with Crippen LogP contribution in [0.5, 0.6) is 5.75 Å². The highest BCUT2D eigenvalue weighted by molar-refractivity contribution is 6.39. The van der Waals surface area contributed by atoms with Gasteiger partial charge in [0.15, 0.2) is 0 Å². The Morgan fingerprint density at radius 1 is 0.473 bits per heavy atom. The number of hydrogen-bond acceptors (Lipinski definition) is 18. The number of non-ortho nitro benzene ring substituents is 1. The second-order valence-electron chi connectivity index (χ2n) is 36.7. The molecule has 11 N–H and O–H groups in total. The van der Waals surface area contributed by atoms with Gasteiger partial charge in [0.2, 0.25) is 52.8 Å². The molecule has 6 aliphatic carbocycles. The summed E-state index contributed by atoms with van der Waals surface area (Å²) < 4.78 is 5.29. The molecule has 0 radical (unpaired) electrons. The molecular weight excluding hydrogens is 1460 g/mol. The van der Waals surface area contributed by atoms with Gasteiger partial charge in [-0.1, -0.05) is 175 Å². The Hall–Kier alpha value is -8.35. The Morgan fingerprint density at radius 2 is 0.768 bits per heavy atom. The van der Waals surface area contributed by atoms with Crippen molar-refractivity contribution in [2.45, 2.75) is 249 Å². The number of piperidine rings is 3. The number of ether oxygens (including phenoxy) is 1. The molecule has 3 heterocycles. The van der Waals surface area contributed by atoms with Gasteiger partial charge < -0.3 is 73.0 Å². The Bertz CT molecular complexity index is 3700. The topological polar surface area (TPSA) is 435 Å². The molecule has 9 aliphatic rings. The van der Waals surface area contributed by atoms with Gasteiger partial charge in [-0.05, 0) is 117 Å². The third kappa shape index (κ3) is 20.6. The van der Waals surface area contributed by atoms with Crippen molar-refractivity contribution >= 4 is 101 Å². The van der Waals surface area contributed by atoms with Crippen molar-refractivity contribution in [2.24, 2.45) is 91.5 Å². The maximum Gasteiger partial charge on any atom is 0.413 e.